The smallest absolute Gasteiger partial charge is 0.0771 e. The number of hydrogen-bond donors (Lipinski definition) is 2. The summed E-state index contributed by atoms with van der Waals surface area (Å²) < 4.78 is 0. The molecule has 2 atom stereocenters. The first-order valence-electron chi connectivity index (χ1n) is 8.31. The van der Waals surface area contributed by atoms with Gasteiger partial charge in [0.05, 0.1) is 5.60 Å². The molecule has 1 saturated carbocycles. The van der Waals surface area contributed by atoms with Gasteiger partial charge in [0.25, 0.3) is 0 Å². The molecular weight excluding hydrogens is 236 g/mol. The Balaban J connectivity index is 1.78. The van der Waals surface area contributed by atoms with Gasteiger partial charge in [-0.2, -0.15) is 0 Å². The van der Waals surface area contributed by atoms with Gasteiger partial charge < -0.3 is 15.3 Å². The molecule has 0 radical (unpaired) electrons. The van der Waals surface area contributed by atoms with E-state index in [0.29, 0.717) is 12.0 Å². The third-order valence-corrected chi connectivity index (χ3v) is 5.16. The van der Waals surface area contributed by atoms with Gasteiger partial charge in [0.2, 0.25) is 0 Å². The van der Waals surface area contributed by atoms with Crippen molar-refractivity contribution in [2.75, 3.05) is 26.2 Å². The number of piperidine rings is 1. The summed E-state index contributed by atoms with van der Waals surface area (Å²) in [7, 11) is 0. The summed E-state index contributed by atoms with van der Waals surface area (Å²) >= 11 is 0. The fourth-order valence-electron chi connectivity index (χ4n) is 3.71. The predicted octanol–water partition coefficient (Wildman–Crippen LogP) is 2.39. The number of likely N-dealkylation sites (tertiary alicyclic amines) is 1. The first-order chi connectivity index (χ1) is 9.13. The van der Waals surface area contributed by atoms with Crippen LogP contribution in [0.4, 0.5) is 0 Å². The lowest BCUT2D eigenvalue weighted by molar-refractivity contribution is 0.0172. The molecule has 0 aromatic carbocycles. The van der Waals surface area contributed by atoms with E-state index in [4.69, 9.17) is 0 Å². The fourth-order valence-corrected chi connectivity index (χ4v) is 3.71. The quantitative estimate of drug-likeness (QED) is 0.769. The maximum absolute atomic E-state index is 10.7. The molecule has 3 heteroatoms. The van der Waals surface area contributed by atoms with Crippen molar-refractivity contribution in [3.8, 4) is 0 Å². The zero-order valence-corrected chi connectivity index (χ0v) is 12.8. The first-order valence-corrected chi connectivity index (χ1v) is 8.31. The Kier molecular flexibility index (Phi) is 5.67. The Morgan fingerprint density at radius 3 is 2.47 bits per heavy atom. The van der Waals surface area contributed by atoms with E-state index in [9.17, 15) is 5.11 Å². The molecule has 0 aromatic rings. The lowest BCUT2D eigenvalue weighted by Gasteiger charge is -2.38. The van der Waals surface area contributed by atoms with E-state index in [2.05, 4.69) is 24.1 Å². The molecule has 19 heavy (non-hydrogen) atoms. The van der Waals surface area contributed by atoms with Gasteiger partial charge in [0, 0.05) is 19.1 Å². The Morgan fingerprint density at radius 1 is 1.21 bits per heavy atom. The van der Waals surface area contributed by atoms with Crippen LogP contribution in [-0.2, 0) is 0 Å². The maximum atomic E-state index is 10.7. The SMILES string of the molecule is CCN1CCC(NCC2(O)CCCCCC2)C(C)C1. The number of aliphatic hydroxyl groups is 1. The van der Waals surface area contributed by atoms with E-state index in [1.165, 1.54) is 51.7 Å². The predicted molar refractivity (Wildman–Crippen MR) is 80.3 cm³/mol. The van der Waals surface area contributed by atoms with Crippen LogP contribution < -0.4 is 5.32 Å². The summed E-state index contributed by atoms with van der Waals surface area (Å²) in [5.41, 5.74) is -0.432. The van der Waals surface area contributed by atoms with E-state index >= 15 is 0 Å². The van der Waals surface area contributed by atoms with Crippen molar-refractivity contribution in [1.82, 2.24) is 10.2 Å². The van der Waals surface area contributed by atoms with Crippen LogP contribution in [0.25, 0.3) is 0 Å². The van der Waals surface area contributed by atoms with Crippen LogP contribution in [0.15, 0.2) is 0 Å². The molecule has 0 spiro atoms. The van der Waals surface area contributed by atoms with E-state index in [0.717, 1.165) is 19.4 Å². The highest BCUT2D eigenvalue weighted by molar-refractivity contribution is 4.88. The topological polar surface area (TPSA) is 35.5 Å². The van der Waals surface area contributed by atoms with Crippen molar-refractivity contribution in [1.29, 1.82) is 0 Å². The Hall–Kier alpha value is -0.120. The van der Waals surface area contributed by atoms with Crippen LogP contribution in [0.1, 0.15) is 58.8 Å². The lowest BCUT2D eigenvalue weighted by atomic mass is 9.90. The van der Waals surface area contributed by atoms with Crippen molar-refractivity contribution >= 4 is 0 Å². The third kappa shape index (κ3) is 4.44. The second kappa shape index (κ2) is 7.05. The van der Waals surface area contributed by atoms with Crippen LogP contribution in [0.5, 0.6) is 0 Å². The summed E-state index contributed by atoms with van der Waals surface area (Å²) in [5.74, 6) is 0.697. The van der Waals surface area contributed by atoms with Crippen molar-refractivity contribution < 1.29 is 5.11 Å². The van der Waals surface area contributed by atoms with Gasteiger partial charge in [-0.25, -0.2) is 0 Å². The molecule has 2 N–H and O–H groups in total. The van der Waals surface area contributed by atoms with Gasteiger partial charge in [-0.1, -0.05) is 39.5 Å². The molecule has 2 aliphatic rings. The van der Waals surface area contributed by atoms with Crippen molar-refractivity contribution in [2.45, 2.75) is 70.4 Å². The number of hydrogen-bond acceptors (Lipinski definition) is 3. The summed E-state index contributed by atoms with van der Waals surface area (Å²) in [6.07, 6.45) is 8.20. The Morgan fingerprint density at radius 2 is 1.89 bits per heavy atom. The molecule has 2 unspecified atom stereocenters. The van der Waals surface area contributed by atoms with Gasteiger partial charge in [-0.15, -0.1) is 0 Å². The molecule has 0 amide bonds. The second-order valence-electron chi connectivity index (χ2n) is 6.79. The molecule has 2 fully saturated rings. The van der Waals surface area contributed by atoms with Gasteiger partial charge in [-0.3, -0.25) is 0 Å². The monoisotopic (exact) mass is 268 g/mol. The zero-order valence-electron chi connectivity index (χ0n) is 12.8. The number of rotatable bonds is 4. The van der Waals surface area contributed by atoms with Crippen molar-refractivity contribution in [2.24, 2.45) is 5.92 Å². The fraction of sp³-hybridized carbons (Fsp3) is 1.00. The van der Waals surface area contributed by atoms with E-state index in [-0.39, 0.29) is 0 Å². The van der Waals surface area contributed by atoms with Crippen LogP contribution in [0, 0.1) is 5.92 Å². The van der Waals surface area contributed by atoms with Crippen molar-refractivity contribution in [3.05, 3.63) is 0 Å². The lowest BCUT2D eigenvalue weighted by Crippen LogP contribution is -2.52. The molecule has 3 nitrogen and oxygen atoms in total. The van der Waals surface area contributed by atoms with Crippen LogP contribution >= 0.6 is 0 Å². The molecule has 1 heterocycles. The largest absolute Gasteiger partial charge is 0.389 e. The summed E-state index contributed by atoms with van der Waals surface area (Å²) in [6.45, 7) is 8.96. The molecule has 1 saturated heterocycles. The minimum Gasteiger partial charge on any atom is -0.389 e. The molecule has 0 aromatic heterocycles. The zero-order chi connectivity index (χ0) is 13.7. The number of nitrogens with zero attached hydrogens (tertiary/aromatic N) is 1. The van der Waals surface area contributed by atoms with E-state index in [1.54, 1.807) is 0 Å². The highest BCUT2D eigenvalue weighted by Gasteiger charge is 2.31. The summed E-state index contributed by atoms with van der Waals surface area (Å²) in [6, 6.07) is 0.593. The third-order valence-electron chi connectivity index (χ3n) is 5.16. The Labute approximate surface area is 118 Å². The second-order valence-corrected chi connectivity index (χ2v) is 6.79. The normalized spacial score (nSPS) is 33.0. The molecule has 1 aliphatic carbocycles. The first kappa shape index (κ1) is 15.3. The summed E-state index contributed by atoms with van der Waals surface area (Å²) in [4.78, 5) is 2.53. The average Bonchev–Trinajstić information content (AvgIpc) is 2.62. The average molecular weight is 268 g/mol. The maximum Gasteiger partial charge on any atom is 0.0771 e. The molecule has 112 valence electrons. The van der Waals surface area contributed by atoms with Gasteiger partial charge >= 0.3 is 0 Å². The van der Waals surface area contributed by atoms with Gasteiger partial charge in [-0.05, 0) is 38.3 Å². The molecule has 2 rings (SSSR count). The highest BCUT2D eigenvalue weighted by Crippen LogP contribution is 2.27. The van der Waals surface area contributed by atoms with Gasteiger partial charge in [0.1, 0.15) is 0 Å². The van der Waals surface area contributed by atoms with Gasteiger partial charge in [0.15, 0.2) is 0 Å². The van der Waals surface area contributed by atoms with Crippen LogP contribution in [0.2, 0.25) is 0 Å². The van der Waals surface area contributed by atoms with E-state index in [1.807, 2.05) is 0 Å². The minimum absolute atomic E-state index is 0.432. The van der Waals surface area contributed by atoms with Crippen LogP contribution in [0.3, 0.4) is 0 Å². The standard InChI is InChI=1S/C16H32N2O/c1-3-18-11-8-15(14(2)12-18)17-13-16(19)9-6-4-5-7-10-16/h14-15,17,19H,3-13H2,1-2H3. The highest BCUT2D eigenvalue weighted by atomic mass is 16.3. The van der Waals surface area contributed by atoms with E-state index < -0.39 is 5.60 Å². The number of nitrogens with one attached hydrogen (secondary N) is 1. The van der Waals surface area contributed by atoms with Crippen LogP contribution in [-0.4, -0.2) is 47.8 Å². The van der Waals surface area contributed by atoms with Crippen molar-refractivity contribution in [3.63, 3.8) is 0 Å². The molecule has 0 bridgehead atoms. The molecule has 1 aliphatic heterocycles. The summed E-state index contributed by atoms with van der Waals surface area (Å²) in [5, 5.41) is 14.4. The Bertz CT molecular complexity index is 261. The molecular formula is C16H32N2O. The minimum atomic E-state index is -0.432.